The van der Waals surface area contributed by atoms with Gasteiger partial charge in [0, 0.05) is 24.1 Å². The molecule has 0 aliphatic carbocycles. The molecule has 2 heteroatoms. The van der Waals surface area contributed by atoms with Gasteiger partial charge in [-0.1, -0.05) is 6.07 Å². The lowest BCUT2D eigenvalue weighted by Crippen LogP contribution is -2.28. The number of fused-ring (bicyclic) bond motifs is 1. The minimum Gasteiger partial charge on any atom is -0.350 e. The van der Waals surface area contributed by atoms with Crippen molar-refractivity contribution in [3.8, 4) is 0 Å². The lowest BCUT2D eigenvalue weighted by Gasteiger charge is -2.22. The van der Waals surface area contributed by atoms with Crippen molar-refractivity contribution in [3.05, 3.63) is 35.0 Å². The van der Waals surface area contributed by atoms with Crippen molar-refractivity contribution in [1.29, 1.82) is 0 Å². The van der Waals surface area contributed by atoms with Crippen molar-refractivity contribution in [1.82, 2.24) is 9.88 Å². The molecule has 1 aromatic carbocycles. The van der Waals surface area contributed by atoms with E-state index in [1.807, 2.05) is 0 Å². The molecule has 102 valence electrons. The van der Waals surface area contributed by atoms with Gasteiger partial charge in [-0.05, 0) is 74.9 Å². The van der Waals surface area contributed by atoms with Crippen molar-refractivity contribution in [2.24, 2.45) is 13.0 Å². The van der Waals surface area contributed by atoms with Crippen LogP contribution in [-0.4, -0.2) is 17.7 Å². The van der Waals surface area contributed by atoms with Crippen molar-refractivity contribution in [3.63, 3.8) is 0 Å². The molecule has 0 saturated carbocycles. The minimum absolute atomic E-state index is 0.854. The van der Waals surface area contributed by atoms with Crippen LogP contribution < -0.4 is 5.32 Å². The van der Waals surface area contributed by atoms with Gasteiger partial charge in [-0.15, -0.1) is 0 Å². The molecule has 0 spiro atoms. The standard InChI is InChI=1S/C17H24N2/c1-12-8-13(2)17-15(11-19(3)16(17)9-12)10-14-4-6-18-7-5-14/h8-9,11,14,18H,4-7,10H2,1-3H3. The molecule has 0 atom stereocenters. The number of benzene rings is 1. The second kappa shape index (κ2) is 5.01. The van der Waals surface area contributed by atoms with Crippen molar-refractivity contribution >= 4 is 10.9 Å². The fraction of sp³-hybridized carbons (Fsp3) is 0.529. The molecule has 1 aliphatic heterocycles. The second-order valence-corrected chi connectivity index (χ2v) is 6.14. The van der Waals surface area contributed by atoms with Gasteiger partial charge in [0.05, 0.1) is 0 Å². The van der Waals surface area contributed by atoms with Crippen LogP contribution in [-0.2, 0) is 13.5 Å². The van der Waals surface area contributed by atoms with Gasteiger partial charge in [0.1, 0.15) is 0 Å². The van der Waals surface area contributed by atoms with E-state index in [4.69, 9.17) is 0 Å². The third-order valence-corrected chi connectivity index (χ3v) is 4.48. The molecule has 0 amide bonds. The Labute approximate surface area is 115 Å². The normalized spacial score (nSPS) is 17.2. The fourth-order valence-corrected chi connectivity index (χ4v) is 3.56. The fourth-order valence-electron chi connectivity index (χ4n) is 3.56. The van der Waals surface area contributed by atoms with Crippen LogP contribution in [0.15, 0.2) is 18.3 Å². The summed E-state index contributed by atoms with van der Waals surface area (Å²) in [5, 5.41) is 4.95. The van der Waals surface area contributed by atoms with E-state index in [1.54, 1.807) is 5.56 Å². The smallest absolute Gasteiger partial charge is 0.0485 e. The van der Waals surface area contributed by atoms with E-state index < -0.39 is 0 Å². The summed E-state index contributed by atoms with van der Waals surface area (Å²) in [6, 6.07) is 4.63. The maximum atomic E-state index is 3.46. The molecule has 2 aromatic rings. The van der Waals surface area contributed by atoms with Crippen LogP contribution in [0.4, 0.5) is 0 Å². The molecule has 2 nitrogen and oxygen atoms in total. The highest BCUT2D eigenvalue weighted by atomic mass is 14.9. The number of aromatic nitrogens is 1. The highest BCUT2D eigenvalue weighted by Gasteiger charge is 2.17. The zero-order valence-electron chi connectivity index (χ0n) is 12.3. The lowest BCUT2D eigenvalue weighted by atomic mass is 9.90. The number of hydrogen-bond acceptors (Lipinski definition) is 1. The molecule has 1 fully saturated rings. The molecule has 1 aliphatic rings. The first-order chi connectivity index (χ1) is 9.15. The quantitative estimate of drug-likeness (QED) is 0.872. The van der Waals surface area contributed by atoms with E-state index in [2.05, 4.69) is 49.1 Å². The molecule has 1 saturated heterocycles. The maximum absolute atomic E-state index is 3.46. The van der Waals surface area contributed by atoms with Crippen LogP contribution in [0, 0.1) is 19.8 Å². The Hall–Kier alpha value is -1.28. The van der Waals surface area contributed by atoms with Crippen molar-refractivity contribution in [2.75, 3.05) is 13.1 Å². The summed E-state index contributed by atoms with van der Waals surface area (Å²) in [5.74, 6) is 0.854. The Morgan fingerprint density at radius 3 is 2.68 bits per heavy atom. The molecule has 3 rings (SSSR count). The van der Waals surface area contributed by atoms with Crippen LogP contribution in [0.3, 0.4) is 0 Å². The lowest BCUT2D eigenvalue weighted by molar-refractivity contribution is 0.373. The van der Waals surface area contributed by atoms with Crippen LogP contribution in [0.2, 0.25) is 0 Å². The summed E-state index contributed by atoms with van der Waals surface area (Å²) < 4.78 is 2.30. The summed E-state index contributed by atoms with van der Waals surface area (Å²) in [5.41, 5.74) is 5.72. The van der Waals surface area contributed by atoms with E-state index in [-0.39, 0.29) is 0 Å². The molecular weight excluding hydrogens is 232 g/mol. The number of nitrogens with one attached hydrogen (secondary N) is 1. The highest BCUT2D eigenvalue weighted by Crippen LogP contribution is 2.29. The zero-order valence-corrected chi connectivity index (χ0v) is 12.3. The summed E-state index contributed by atoms with van der Waals surface area (Å²) in [7, 11) is 2.17. The molecule has 19 heavy (non-hydrogen) atoms. The Morgan fingerprint density at radius 2 is 1.95 bits per heavy atom. The highest BCUT2D eigenvalue weighted by molar-refractivity contribution is 5.87. The van der Waals surface area contributed by atoms with Gasteiger partial charge >= 0.3 is 0 Å². The van der Waals surface area contributed by atoms with Crippen molar-refractivity contribution in [2.45, 2.75) is 33.1 Å². The van der Waals surface area contributed by atoms with Crippen LogP contribution in [0.5, 0.6) is 0 Å². The molecule has 0 radical (unpaired) electrons. The number of aryl methyl sites for hydroxylation is 3. The summed E-state index contributed by atoms with van der Waals surface area (Å²) >= 11 is 0. The first-order valence-electron chi connectivity index (χ1n) is 7.41. The number of hydrogen-bond donors (Lipinski definition) is 1. The topological polar surface area (TPSA) is 17.0 Å². The molecule has 1 aromatic heterocycles. The summed E-state index contributed by atoms with van der Waals surface area (Å²) in [6.45, 7) is 6.81. The van der Waals surface area contributed by atoms with Crippen LogP contribution in [0.1, 0.15) is 29.5 Å². The predicted molar refractivity (Wildman–Crippen MR) is 81.7 cm³/mol. The molecular formula is C17H24N2. The van der Waals surface area contributed by atoms with Crippen LogP contribution >= 0.6 is 0 Å². The van der Waals surface area contributed by atoms with E-state index in [0.29, 0.717) is 0 Å². The monoisotopic (exact) mass is 256 g/mol. The van der Waals surface area contributed by atoms with Gasteiger partial charge in [0.2, 0.25) is 0 Å². The second-order valence-electron chi connectivity index (χ2n) is 6.14. The number of piperidine rings is 1. The van der Waals surface area contributed by atoms with Gasteiger partial charge in [-0.3, -0.25) is 0 Å². The average Bonchev–Trinajstić information content (AvgIpc) is 2.67. The summed E-state index contributed by atoms with van der Waals surface area (Å²) in [6.07, 6.45) is 6.23. The Morgan fingerprint density at radius 1 is 1.21 bits per heavy atom. The largest absolute Gasteiger partial charge is 0.350 e. The Bertz CT molecular complexity index is 589. The van der Waals surface area contributed by atoms with Gasteiger partial charge < -0.3 is 9.88 Å². The zero-order chi connectivity index (χ0) is 13.4. The van der Waals surface area contributed by atoms with Crippen LogP contribution in [0.25, 0.3) is 10.9 Å². The van der Waals surface area contributed by atoms with Crippen molar-refractivity contribution < 1.29 is 0 Å². The average molecular weight is 256 g/mol. The maximum Gasteiger partial charge on any atom is 0.0485 e. The third-order valence-electron chi connectivity index (χ3n) is 4.48. The van der Waals surface area contributed by atoms with E-state index in [9.17, 15) is 0 Å². The first-order valence-corrected chi connectivity index (χ1v) is 7.41. The minimum atomic E-state index is 0.854. The first kappa shape index (κ1) is 12.7. The SMILES string of the molecule is Cc1cc(C)c2c(CC3CCNCC3)cn(C)c2c1. The van der Waals surface area contributed by atoms with Gasteiger partial charge in [-0.25, -0.2) is 0 Å². The number of rotatable bonds is 2. The third kappa shape index (κ3) is 2.42. The Balaban J connectivity index is 1.99. The van der Waals surface area contributed by atoms with Gasteiger partial charge in [0.25, 0.3) is 0 Å². The van der Waals surface area contributed by atoms with Gasteiger partial charge in [0.15, 0.2) is 0 Å². The van der Waals surface area contributed by atoms with E-state index in [0.717, 1.165) is 5.92 Å². The molecule has 0 unspecified atom stereocenters. The summed E-state index contributed by atoms with van der Waals surface area (Å²) in [4.78, 5) is 0. The number of nitrogens with zero attached hydrogens (tertiary/aromatic N) is 1. The van der Waals surface area contributed by atoms with E-state index >= 15 is 0 Å². The van der Waals surface area contributed by atoms with E-state index in [1.165, 1.54) is 54.4 Å². The molecule has 0 bridgehead atoms. The Kier molecular flexibility index (Phi) is 3.36. The predicted octanol–water partition coefficient (Wildman–Crippen LogP) is 3.34. The molecule has 2 heterocycles. The van der Waals surface area contributed by atoms with Gasteiger partial charge in [-0.2, -0.15) is 0 Å². The molecule has 1 N–H and O–H groups in total.